The van der Waals surface area contributed by atoms with Crippen molar-refractivity contribution in [1.82, 2.24) is 14.6 Å². The van der Waals surface area contributed by atoms with Gasteiger partial charge < -0.3 is 20.7 Å². The van der Waals surface area contributed by atoms with E-state index in [0.29, 0.717) is 42.7 Å². The number of nitrogens with one attached hydrogen (secondary N) is 3. The van der Waals surface area contributed by atoms with Gasteiger partial charge in [-0.05, 0) is 89.5 Å². The Kier molecular flexibility index (Phi) is 10.9. The van der Waals surface area contributed by atoms with Crippen LogP contribution in [0.3, 0.4) is 0 Å². The summed E-state index contributed by atoms with van der Waals surface area (Å²) in [7, 11) is -3.62. The molecule has 0 radical (unpaired) electrons. The molecule has 1 aliphatic heterocycles. The highest BCUT2D eigenvalue weighted by Crippen LogP contribution is 2.44. The van der Waals surface area contributed by atoms with E-state index in [0.717, 1.165) is 31.4 Å². The van der Waals surface area contributed by atoms with Crippen LogP contribution < -0.4 is 25.1 Å². The van der Waals surface area contributed by atoms with Crippen molar-refractivity contribution in [2.75, 3.05) is 11.9 Å². The van der Waals surface area contributed by atoms with Crippen molar-refractivity contribution in [1.29, 1.82) is 0 Å². The molecule has 2 aromatic carbocycles. The number of anilines is 1. The molecule has 3 fully saturated rings. The number of para-hydroxylation sites is 2. The highest BCUT2D eigenvalue weighted by Gasteiger charge is 2.52. The lowest BCUT2D eigenvalue weighted by molar-refractivity contribution is -0.697. The number of H-pyrrole nitrogens is 1. The monoisotopic (exact) mass is 737 g/mol. The molecule has 6 rings (SSSR count). The van der Waals surface area contributed by atoms with Crippen molar-refractivity contribution in [3.05, 3.63) is 66.5 Å². The van der Waals surface area contributed by atoms with Gasteiger partial charge in [0.1, 0.15) is 18.2 Å². The Morgan fingerprint density at radius 1 is 1.10 bits per heavy atom. The summed E-state index contributed by atoms with van der Waals surface area (Å²) < 4.78 is 49.1. The molecule has 3 aliphatic rings. The van der Waals surface area contributed by atoms with E-state index in [2.05, 4.69) is 15.0 Å². The summed E-state index contributed by atoms with van der Waals surface area (Å²) in [5, 5.41) is 3.37. The maximum Gasteiger partial charge on any atom is 0.455 e. The van der Waals surface area contributed by atoms with Gasteiger partial charge in [0, 0.05) is 18.0 Å². The molecule has 280 valence electrons. The fourth-order valence-corrected chi connectivity index (χ4v) is 8.33. The lowest BCUT2D eigenvalue weighted by Gasteiger charge is -2.28. The first-order valence-corrected chi connectivity index (χ1v) is 19.8. The molecule has 3 aromatic rings. The van der Waals surface area contributed by atoms with E-state index in [1.807, 2.05) is 56.3 Å². The molecule has 12 nitrogen and oxygen atoms in total. The Bertz CT molecular complexity index is 1930. The zero-order chi connectivity index (χ0) is 37.2. The van der Waals surface area contributed by atoms with Crippen molar-refractivity contribution >= 4 is 44.5 Å². The number of unbranched alkanes of at least 4 members (excludes halogenated alkanes) is 3. The predicted octanol–water partition coefficient (Wildman–Crippen LogP) is 4.63. The summed E-state index contributed by atoms with van der Waals surface area (Å²) in [5.74, 6) is -1.89. The van der Waals surface area contributed by atoms with E-state index in [1.54, 1.807) is 23.6 Å². The van der Waals surface area contributed by atoms with Crippen molar-refractivity contribution in [3.8, 4) is 6.01 Å². The minimum atomic E-state index is -3.62. The van der Waals surface area contributed by atoms with Crippen LogP contribution in [0.4, 0.5) is 10.1 Å². The Morgan fingerprint density at radius 3 is 2.54 bits per heavy atom. The van der Waals surface area contributed by atoms with Crippen LogP contribution in [0.5, 0.6) is 6.01 Å². The Balaban J connectivity index is 1.04. The number of nitrogens with two attached hydrogens (primary N) is 1. The molecule has 14 heteroatoms. The Labute approximate surface area is 304 Å². The molecule has 1 saturated heterocycles. The lowest BCUT2D eigenvalue weighted by atomic mass is 10.0. The number of hydrogen-bond donors (Lipinski definition) is 4. The molecule has 1 unspecified atom stereocenters. The Hall–Kier alpha value is -4.46. The number of primary amides is 1. The minimum absolute atomic E-state index is 0.0542. The van der Waals surface area contributed by atoms with Gasteiger partial charge in [-0.2, -0.15) is 4.57 Å². The van der Waals surface area contributed by atoms with Gasteiger partial charge in [-0.1, -0.05) is 49.3 Å². The molecule has 1 aromatic heterocycles. The second kappa shape index (κ2) is 15.3. The number of aromatic amines is 1. The maximum atomic E-state index is 14.8. The van der Waals surface area contributed by atoms with E-state index in [-0.39, 0.29) is 42.6 Å². The third-order valence-electron chi connectivity index (χ3n) is 10.5. The number of halogens is 1. The van der Waals surface area contributed by atoms with Gasteiger partial charge in [0.25, 0.3) is 0 Å². The Morgan fingerprint density at radius 2 is 1.85 bits per heavy atom. The topological polar surface area (TPSA) is 168 Å². The summed E-state index contributed by atoms with van der Waals surface area (Å²) in [6, 6.07) is 13.0. The third-order valence-corrected chi connectivity index (χ3v) is 12.7. The molecule has 5 N–H and O–H groups in total. The number of nitrogens with zero attached hydrogens (tertiary/aromatic N) is 2. The number of fused-ring (bicyclic) bond motifs is 1. The van der Waals surface area contributed by atoms with Crippen molar-refractivity contribution < 1.29 is 36.5 Å². The molecule has 2 saturated carbocycles. The molecule has 52 heavy (non-hydrogen) atoms. The number of allylic oxidation sites excluding steroid dienone is 2. The first-order chi connectivity index (χ1) is 24.8. The summed E-state index contributed by atoms with van der Waals surface area (Å²) in [4.78, 5) is 44.0. The summed E-state index contributed by atoms with van der Waals surface area (Å²) in [5.41, 5.74) is 7.59. The first kappa shape index (κ1) is 37.3. The molecule has 0 bridgehead atoms. The number of amides is 3. The number of sulfonamides is 1. The molecule has 0 spiro atoms. The summed E-state index contributed by atoms with van der Waals surface area (Å²) in [6.45, 7) is 5.66. The van der Waals surface area contributed by atoms with Crippen LogP contribution in [0.25, 0.3) is 11.0 Å². The largest absolute Gasteiger partial charge is 0.455 e. The third kappa shape index (κ3) is 8.27. The van der Waals surface area contributed by atoms with Gasteiger partial charge >= 0.3 is 6.01 Å². The van der Waals surface area contributed by atoms with Crippen molar-refractivity contribution in [3.63, 3.8) is 0 Å². The van der Waals surface area contributed by atoms with E-state index < -0.39 is 44.8 Å². The average Bonchev–Trinajstić information content (AvgIpc) is 3.97. The number of hydrogen-bond acceptors (Lipinski definition) is 7. The van der Waals surface area contributed by atoms with Crippen LogP contribution in [-0.2, 0) is 24.4 Å². The van der Waals surface area contributed by atoms with Gasteiger partial charge in [-0.3, -0.25) is 19.1 Å². The van der Waals surface area contributed by atoms with E-state index in [9.17, 15) is 27.2 Å². The van der Waals surface area contributed by atoms with Crippen LogP contribution in [0.1, 0.15) is 84.6 Å². The second-order valence-electron chi connectivity index (χ2n) is 15.0. The van der Waals surface area contributed by atoms with Gasteiger partial charge in [0.2, 0.25) is 33.3 Å². The number of rotatable bonds is 17. The van der Waals surface area contributed by atoms with Crippen LogP contribution >= 0.6 is 0 Å². The predicted molar refractivity (Wildman–Crippen MR) is 195 cm³/mol. The number of carbonyl (C=O) groups is 3. The van der Waals surface area contributed by atoms with Crippen LogP contribution in [-0.4, -0.2) is 65.5 Å². The summed E-state index contributed by atoms with van der Waals surface area (Å²) >= 11 is 0. The number of aromatic nitrogens is 2. The van der Waals surface area contributed by atoms with Gasteiger partial charge in [-0.15, -0.1) is 0 Å². The lowest BCUT2D eigenvalue weighted by Crippen LogP contribution is -2.49. The highest BCUT2D eigenvalue weighted by molar-refractivity contribution is 7.91. The van der Waals surface area contributed by atoms with Gasteiger partial charge in [0.15, 0.2) is 11.3 Å². The standard InChI is InChI=1S/C38H49FN6O6S/c1-24(2)45-33-29(39)16-12-18-30(33)42-37(45)51-27-22-32(34(40)46)44(23-27)36(48)31(41-26-14-9-7-10-15-26)17-11-6-4-5-8-13-25-21-28(25)35(47)43-52(49,50)38(3)19-20-38/h7-10,12-16,18,24-25,27-28,31-32,41H,4-6,11,17,19-23H2,1-3H3,(H3,40,43,46,47)/p+1/b13-8-/t25-,27?,28+,31+,32+/m1/s1. The van der Waals surface area contributed by atoms with E-state index in [4.69, 9.17) is 10.5 Å². The highest BCUT2D eigenvalue weighted by atomic mass is 32.2. The summed E-state index contributed by atoms with van der Waals surface area (Å²) in [6.07, 6.45) is 9.33. The smallest absolute Gasteiger partial charge is 0.426 e. The van der Waals surface area contributed by atoms with Crippen molar-refractivity contribution in [2.45, 2.75) is 108 Å². The zero-order valence-electron chi connectivity index (χ0n) is 30.0. The molecule has 2 heterocycles. The quantitative estimate of drug-likeness (QED) is 0.0891. The molecule has 5 atom stereocenters. The number of carbonyl (C=O) groups excluding carboxylic acids is 3. The normalized spacial score (nSPS) is 22.8. The number of benzene rings is 2. The molecular formula is C38H50FN6O6S+. The minimum Gasteiger partial charge on any atom is -0.426 e. The average molecular weight is 738 g/mol. The first-order valence-electron chi connectivity index (χ1n) is 18.3. The number of ether oxygens (including phenoxy) is 1. The number of imidazole rings is 1. The van der Waals surface area contributed by atoms with Crippen molar-refractivity contribution in [2.24, 2.45) is 17.6 Å². The van der Waals surface area contributed by atoms with Crippen LogP contribution in [0, 0.1) is 17.7 Å². The molecule has 2 aliphatic carbocycles. The maximum absolute atomic E-state index is 14.8. The molecular weight excluding hydrogens is 688 g/mol. The second-order valence-corrected chi connectivity index (χ2v) is 17.2. The zero-order valence-corrected chi connectivity index (χ0v) is 30.8. The number of likely N-dealkylation sites (tertiary alicyclic amines) is 1. The van der Waals surface area contributed by atoms with Gasteiger partial charge in [-0.25, -0.2) is 17.8 Å². The fourth-order valence-electron chi connectivity index (χ4n) is 7.03. The van der Waals surface area contributed by atoms with Crippen LogP contribution in [0.15, 0.2) is 60.7 Å². The SMILES string of the molecule is CC(C)[n+]1c(OC2C[C@@H](C(N)=O)N(C(=O)[C@H](CCCCC/C=C\[C@@H]3C[C@@H]3C(=O)NS(=O)(=O)C3(C)CC3)Nc3ccccc3)C2)[nH]c2cccc(F)c21. The van der Waals surface area contributed by atoms with Crippen LogP contribution in [0.2, 0.25) is 0 Å². The van der Waals surface area contributed by atoms with E-state index >= 15 is 0 Å². The van der Waals surface area contributed by atoms with Gasteiger partial charge in [0.05, 0.1) is 17.3 Å². The molecule has 3 amide bonds. The fraction of sp³-hybridized carbons (Fsp3) is 0.526. The van der Waals surface area contributed by atoms with E-state index in [1.165, 1.54) is 11.0 Å².